The molecule has 0 aliphatic carbocycles. The van der Waals surface area contributed by atoms with E-state index in [1.807, 2.05) is 84.0 Å². The SMILES string of the molecule is Cc1ccc(Cn2c(Nc3ccc(OC(C)C)c(C)c3)nc(=S)n(C(C)C)c2=O)cc1. The standard InChI is InChI=1S/C24H30N4O2S/c1-15(2)28-23(31)26-22(25-20-11-12-21(18(6)13-20)30-16(3)4)27(24(28)29)14-19-9-7-17(5)8-10-19/h7-13,15-16H,14H2,1-6H3,(H,25,26,31). The first-order chi connectivity index (χ1) is 14.7. The number of ether oxygens (including phenoxy) is 1. The Bertz CT molecular complexity index is 1180. The maximum Gasteiger partial charge on any atom is 0.333 e. The molecule has 3 aromatic rings. The van der Waals surface area contributed by atoms with Gasteiger partial charge in [-0.3, -0.25) is 9.13 Å². The van der Waals surface area contributed by atoms with Crippen LogP contribution in [0, 0.1) is 18.6 Å². The van der Waals surface area contributed by atoms with Crippen LogP contribution in [0.5, 0.6) is 5.75 Å². The molecule has 0 saturated carbocycles. The molecule has 0 unspecified atom stereocenters. The maximum atomic E-state index is 13.3. The second-order valence-electron chi connectivity index (χ2n) is 8.31. The van der Waals surface area contributed by atoms with Gasteiger partial charge in [0, 0.05) is 11.7 Å². The van der Waals surface area contributed by atoms with E-state index in [1.54, 1.807) is 9.13 Å². The van der Waals surface area contributed by atoms with Crippen molar-refractivity contribution in [3.63, 3.8) is 0 Å². The molecule has 1 aromatic heterocycles. The first-order valence-corrected chi connectivity index (χ1v) is 10.9. The number of hydrogen-bond donors (Lipinski definition) is 1. The van der Waals surface area contributed by atoms with Crippen LogP contribution in [0.2, 0.25) is 0 Å². The third kappa shape index (κ3) is 5.41. The summed E-state index contributed by atoms with van der Waals surface area (Å²) in [6.07, 6.45) is 0.0993. The van der Waals surface area contributed by atoms with Gasteiger partial charge in [0.15, 0.2) is 0 Å². The first kappa shape index (κ1) is 22.7. The predicted octanol–water partition coefficient (Wildman–Crippen LogP) is 5.55. The minimum absolute atomic E-state index is 0.0828. The van der Waals surface area contributed by atoms with Crippen LogP contribution in [0.3, 0.4) is 0 Å². The molecule has 6 nitrogen and oxygen atoms in total. The van der Waals surface area contributed by atoms with E-state index >= 15 is 0 Å². The molecular weight excluding hydrogens is 408 g/mol. The van der Waals surface area contributed by atoms with E-state index < -0.39 is 0 Å². The molecule has 0 amide bonds. The molecule has 0 aliphatic rings. The minimum Gasteiger partial charge on any atom is -0.491 e. The fourth-order valence-electron chi connectivity index (χ4n) is 3.31. The summed E-state index contributed by atoms with van der Waals surface area (Å²) in [7, 11) is 0. The Morgan fingerprint density at radius 2 is 1.74 bits per heavy atom. The molecule has 7 heteroatoms. The van der Waals surface area contributed by atoms with Gasteiger partial charge in [-0.05, 0) is 83.1 Å². The third-order valence-corrected chi connectivity index (χ3v) is 5.16. The molecule has 1 N–H and O–H groups in total. The summed E-state index contributed by atoms with van der Waals surface area (Å²) in [6.45, 7) is 12.3. The van der Waals surface area contributed by atoms with Crippen molar-refractivity contribution < 1.29 is 4.74 Å². The van der Waals surface area contributed by atoms with Gasteiger partial charge in [-0.1, -0.05) is 29.8 Å². The Balaban J connectivity index is 2.04. The van der Waals surface area contributed by atoms with Gasteiger partial charge < -0.3 is 10.1 Å². The molecule has 0 aliphatic heterocycles. The number of aryl methyl sites for hydroxylation is 2. The highest BCUT2D eigenvalue weighted by molar-refractivity contribution is 7.71. The molecular formula is C24H30N4O2S. The van der Waals surface area contributed by atoms with E-state index in [0.29, 0.717) is 12.5 Å². The Morgan fingerprint density at radius 1 is 1.06 bits per heavy atom. The average molecular weight is 439 g/mol. The van der Waals surface area contributed by atoms with Gasteiger partial charge in [-0.2, -0.15) is 4.98 Å². The van der Waals surface area contributed by atoms with Crippen molar-refractivity contribution in [1.82, 2.24) is 14.1 Å². The van der Waals surface area contributed by atoms with E-state index in [-0.39, 0.29) is 22.6 Å². The second-order valence-corrected chi connectivity index (χ2v) is 8.67. The summed E-state index contributed by atoms with van der Waals surface area (Å²) in [4.78, 5) is 17.9. The first-order valence-electron chi connectivity index (χ1n) is 10.5. The van der Waals surface area contributed by atoms with E-state index in [4.69, 9.17) is 17.0 Å². The fraction of sp³-hybridized carbons (Fsp3) is 0.375. The van der Waals surface area contributed by atoms with Crippen molar-refractivity contribution in [2.45, 2.75) is 60.2 Å². The zero-order chi connectivity index (χ0) is 22.7. The Hall–Kier alpha value is -2.93. The lowest BCUT2D eigenvalue weighted by molar-refractivity contribution is 0.241. The molecule has 0 atom stereocenters. The van der Waals surface area contributed by atoms with Gasteiger partial charge in [-0.25, -0.2) is 4.79 Å². The summed E-state index contributed by atoms with van der Waals surface area (Å²) in [6, 6.07) is 13.9. The van der Waals surface area contributed by atoms with Gasteiger partial charge in [-0.15, -0.1) is 0 Å². The van der Waals surface area contributed by atoms with Crippen molar-refractivity contribution in [1.29, 1.82) is 0 Å². The van der Waals surface area contributed by atoms with E-state index in [9.17, 15) is 4.79 Å². The average Bonchev–Trinajstić information content (AvgIpc) is 2.68. The molecule has 164 valence electrons. The summed E-state index contributed by atoms with van der Waals surface area (Å²) in [5, 5.41) is 3.29. The molecule has 2 aromatic carbocycles. The van der Waals surface area contributed by atoms with Crippen LogP contribution in [0.4, 0.5) is 11.6 Å². The van der Waals surface area contributed by atoms with Crippen LogP contribution in [-0.4, -0.2) is 20.2 Å². The van der Waals surface area contributed by atoms with Crippen LogP contribution >= 0.6 is 12.2 Å². The van der Waals surface area contributed by atoms with E-state index in [0.717, 1.165) is 22.6 Å². The largest absolute Gasteiger partial charge is 0.491 e. The molecule has 3 rings (SSSR count). The number of benzene rings is 2. The molecule has 31 heavy (non-hydrogen) atoms. The van der Waals surface area contributed by atoms with Crippen LogP contribution < -0.4 is 15.7 Å². The van der Waals surface area contributed by atoms with Crippen LogP contribution in [0.25, 0.3) is 0 Å². The Morgan fingerprint density at radius 3 is 2.32 bits per heavy atom. The summed E-state index contributed by atoms with van der Waals surface area (Å²) >= 11 is 5.43. The van der Waals surface area contributed by atoms with Crippen molar-refractivity contribution in [3.05, 3.63) is 74.4 Å². The number of anilines is 2. The fourth-order valence-corrected chi connectivity index (χ4v) is 3.68. The number of aromatic nitrogens is 3. The summed E-state index contributed by atoms with van der Waals surface area (Å²) < 4.78 is 9.26. The van der Waals surface area contributed by atoms with Gasteiger partial charge in [0.05, 0.1) is 12.6 Å². The molecule has 0 radical (unpaired) electrons. The highest BCUT2D eigenvalue weighted by atomic mass is 32.1. The van der Waals surface area contributed by atoms with Crippen LogP contribution in [0.15, 0.2) is 47.3 Å². The third-order valence-electron chi connectivity index (χ3n) is 4.87. The molecule has 0 spiro atoms. The highest BCUT2D eigenvalue weighted by Crippen LogP contribution is 2.25. The van der Waals surface area contributed by atoms with Gasteiger partial charge in [0.25, 0.3) is 0 Å². The lowest BCUT2D eigenvalue weighted by Crippen LogP contribution is -2.35. The van der Waals surface area contributed by atoms with Crippen molar-refractivity contribution >= 4 is 23.9 Å². The second kappa shape index (κ2) is 9.47. The van der Waals surface area contributed by atoms with Crippen molar-refractivity contribution in [2.24, 2.45) is 0 Å². The van der Waals surface area contributed by atoms with E-state index in [2.05, 4.69) is 10.3 Å². The van der Waals surface area contributed by atoms with Crippen LogP contribution in [-0.2, 0) is 6.54 Å². The van der Waals surface area contributed by atoms with Crippen LogP contribution in [0.1, 0.15) is 50.4 Å². The number of nitrogens with zero attached hydrogens (tertiary/aromatic N) is 3. The smallest absolute Gasteiger partial charge is 0.333 e. The lowest BCUT2D eigenvalue weighted by atomic mass is 10.1. The lowest BCUT2D eigenvalue weighted by Gasteiger charge is -2.19. The zero-order valence-electron chi connectivity index (χ0n) is 19.0. The topological polar surface area (TPSA) is 61.1 Å². The Labute approximate surface area is 188 Å². The maximum absolute atomic E-state index is 13.3. The summed E-state index contributed by atoms with van der Waals surface area (Å²) in [5.41, 5.74) is 3.81. The van der Waals surface area contributed by atoms with Gasteiger partial charge in [0.1, 0.15) is 5.75 Å². The van der Waals surface area contributed by atoms with Gasteiger partial charge in [0.2, 0.25) is 10.7 Å². The van der Waals surface area contributed by atoms with Crippen molar-refractivity contribution in [3.8, 4) is 5.75 Å². The van der Waals surface area contributed by atoms with Gasteiger partial charge >= 0.3 is 5.69 Å². The number of hydrogen-bond acceptors (Lipinski definition) is 5. The number of nitrogens with one attached hydrogen (secondary N) is 1. The minimum atomic E-state index is -0.186. The predicted molar refractivity (Wildman–Crippen MR) is 128 cm³/mol. The van der Waals surface area contributed by atoms with E-state index in [1.165, 1.54) is 5.56 Å². The summed E-state index contributed by atoms with van der Waals surface area (Å²) in [5.74, 6) is 1.25. The monoisotopic (exact) mass is 438 g/mol. The molecule has 1 heterocycles. The van der Waals surface area contributed by atoms with Crippen molar-refractivity contribution in [2.75, 3.05) is 5.32 Å². The number of rotatable bonds is 7. The molecule has 0 fully saturated rings. The zero-order valence-corrected chi connectivity index (χ0v) is 19.8. The molecule has 0 saturated heterocycles. The Kier molecular flexibility index (Phi) is 6.95. The highest BCUT2D eigenvalue weighted by Gasteiger charge is 2.15. The molecule has 0 bridgehead atoms. The normalized spacial score (nSPS) is 11.2. The quantitative estimate of drug-likeness (QED) is 0.490.